The molecule has 2 nitrogen and oxygen atoms in total. The second kappa shape index (κ2) is 8.53. The monoisotopic (exact) mass is 414 g/mol. The lowest BCUT2D eigenvalue weighted by molar-refractivity contribution is -0.0925. The van der Waals surface area contributed by atoms with Crippen LogP contribution in [0.5, 0.6) is 0 Å². The maximum absolute atomic E-state index is 12.8. The van der Waals surface area contributed by atoms with Crippen LogP contribution >= 0.6 is 11.6 Å². The van der Waals surface area contributed by atoms with Crippen molar-refractivity contribution in [3.63, 3.8) is 0 Å². The quantitative estimate of drug-likeness (QED) is 0.397. The van der Waals surface area contributed by atoms with Gasteiger partial charge in [-0.25, -0.2) is 0 Å². The largest absolute Gasteiger partial charge is 0.430 e. The zero-order chi connectivity index (χ0) is 20.9. The van der Waals surface area contributed by atoms with Crippen molar-refractivity contribution in [2.24, 2.45) is 10.7 Å². The molecular weight excluding hydrogens is 397 g/mol. The van der Waals surface area contributed by atoms with Crippen molar-refractivity contribution in [1.82, 2.24) is 0 Å². The van der Waals surface area contributed by atoms with Crippen LogP contribution in [0.2, 0.25) is 5.02 Å². The summed E-state index contributed by atoms with van der Waals surface area (Å²) in [6, 6.07) is 25.7. The summed E-state index contributed by atoms with van der Waals surface area (Å²) in [5.41, 5.74) is 4.93. The smallest absolute Gasteiger partial charge is 0.395 e. The van der Waals surface area contributed by atoms with Gasteiger partial charge in [0.2, 0.25) is 0 Å². The third-order valence-corrected chi connectivity index (χ3v) is 4.83. The maximum atomic E-state index is 12.8. The Morgan fingerprint density at radius 1 is 0.793 bits per heavy atom. The molecule has 29 heavy (non-hydrogen) atoms. The Morgan fingerprint density at radius 3 is 1.76 bits per heavy atom. The Bertz CT molecular complexity index is 974. The molecule has 0 bridgehead atoms. The first-order chi connectivity index (χ1) is 13.9. The van der Waals surface area contributed by atoms with Crippen LogP contribution in [0, 0.1) is 0 Å². The fourth-order valence-corrected chi connectivity index (χ4v) is 3.41. The van der Waals surface area contributed by atoms with Gasteiger partial charge in [0, 0.05) is 16.8 Å². The first kappa shape index (κ1) is 20.7. The van der Waals surface area contributed by atoms with E-state index < -0.39 is 17.4 Å². The number of alkyl halides is 3. The van der Waals surface area contributed by atoms with Crippen molar-refractivity contribution >= 4 is 17.8 Å². The van der Waals surface area contributed by atoms with Gasteiger partial charge in [-0.05, 0) is 23.3 Å². The predicted molar refractivity (Wildman–Crippen MR) is 111 cm³/mol. The molecule has 0 fully saturated rings. The standard InChI is InChI=1S/C23H18ClF3N2/c24-20-14-8-7-13-19(20)22(17-9-3-1-4-10-17,18-11-5-2-6-12-18)29-16-15-21(28)23(25,26)27/h1-16H,28H2. The van der Waals surface area contributed by atoms with Gasteiger partial charge >= 0.3 is 6.18 Å². The highest BCUT2D eigenvalue weighted by atomic mass is 35.5. The number of hydrogen-bond donors (Lipinski definition) is 1. The molecule has 0 spiro atoms. The van der Waals surface area contributed by atoms with Crippen molar-refractivity contribution in [3.8, 4) is 0 Å². The second-order valence-corrected chi connectivity index (χ2v) is 6.73. The average molecular weight is 415 g/mol. The Labute approximate surface area is 172 Å². The highest BCUT2D eigenvalue weighted by Crippen LogP contribution is 2.43. The van der Waals surface area contributed by atoms with E-state index in [0.717, 1.165) is 23.4 Å². The van der Waals surface area contributed by atoms with Crippen LogP contribution in [-0.4, -0.2) is 12.4 Å². The van der Waals surface area contributed by atoms with Gasteiger partial charge in [-0.3, -0.25) is 4.99 Å². The molecule has 2 N–H and O–H groups in total. The van der Waals surface area contributed by atoms with E-state index in [2.05, 4.69) is 4.99 Å². The first-order valence-corrected chi connectivity index (χ1v) is 9.18. The zero-order valence-corrected chi connectivity index (χ0v) is 16.0. The van der Waals surface area contributed by atoms with Crippen LogP contribution in [0.15, 0.2) is 102 Å². The average Bonchev–Trinajstić information content (AvgIpc) is 2.72. The molecule has 148 valence electrons. The fraction of sp³-hybridized carbons (Fsp3) is 0.0870. The van der Waals surface area contributed by atoms with Crippen molar-refractivity contribution in [2.45, 2.75) is 11.7 Å². The molecule has 0 aliphatic carbocycles. The summed E-state index contributed by atoms with van der Waals surface area (Å²) in [4.78, 5) is 4.61. The molecule has 0 atom stereocenters. The lowest BCUT2D eigenvalue weighted by Gasteiger charge is -2.32. The normalized spacial score (nSPS) is 13.0. The molecule has 0 heterocycles. The van der Waals surface area contributed by atoms with Gasteiger partial charge in [0.25, 0.3) is 0 Å². The van der Waals surface area contributed by atoms with Crippen molar-refractivity contribution in [1.29, 1.82) is 0 Å². The van der Waals surface area contributed by atoms with Crippen molar-refractivity contribution < 1.29 is 13.2 Å². The van der Waals surface area contributed by atoms with Gasteiger partial charge in [0.15, 0.2) is 0 Å². The minimum absolute atomic E-state index is 0.449. The lowest BCUT2D eigenvalue weighted by atomic mass is 9.77. The molecule has 0 saturated carbocycles. The summed E-state index contributed by atoms with van der Waals surface area (Å²) in [5, 5.41) is 0.449. The fourth-order valence-electron chi connectivity index (χ4n) is 3.13. The van der Waals surface area contributed by atoms with E-state index in [9.17, 15) is 13.2 Å². The minimum Gasteiger partial charge on any atom is -0.395 e. The summed E-state index contributed by atoms with van der Waals surface area (Å²) in [6.07, 6.45) is -2.78. The van der Waals surface area contributed by atoms with Crippen LogP contribution < -0.4 is 5.73 Å². The number of rotatable bonds is 5. The van der Waals surface area contributed by atoms with E-state index in [4.69, 9.17) is 17.3 Å². The van der Waals surface area contributed by atoms with Crippen molar-refractivity contribution in [3.05, 3.63) is 118 Å². The van der Waals surface area contributed by atoms with E-state index in [1.807, 2.05) is 72.8 Å². The molecule has 0 aromatic heterocycles. The maximum Gasteiger partial charge on any atom is 0.430 e. The number of hydrogen-bond acceptors (Lipinski definition) is 2. The number of nitrogens with two attached hydrogens (primary N) is 1. The minimum atomic E-state index is -4.63. The Kier molecular flexibility index (Phi) is 6.09. The molecule has 0 saturated heterocycles. The number of aliphatic imine (C=N–C) groups is 1. The zero-order valence-electron chi connectivity index (χ0n) is 15.3. The predicted octanol–water partition coefficient (Wildman–Crippen LogP) is 6.11. The summed E-state index contributed by atoms with van der Waals surface area (Å²) >= 11 is 6.53. The highest BCUT2D eigenvalue weighted by Gasteiger charge is 2.37. The molecule has 3 rings (SSSR count). The van der Waals surface area contributed by atoms with Gasteiger partial charge in [-0.15, -0.1) is 0 Å². The van der Waals surface area contributed by atoms with Gasteiger partial charge < -0.3 is 5.73 Å². The van der Waals surface area contributed by atoms with Crippen molar-refractivity contribution in [2.75, 3.05) is 0 Å². The third-order valence-electron chi connectivity index (χ3n) is 4.50. The molecule has 0 unspecified atom stereocenters. The Morgan fingerprint density at radius 2 is 1.28 bits per heavy atom. The number of nitrogens with zero attached hydrogens (tertiary/aromatic N) is 1. The summed E-state index contributed by atoms with van der Waals surface area (Å²) < 4.78 is 38.5. The van der Waals surface area contributed by atoms with Crippen LogP contribution in [0.3, 0.4) is 0 Å². The SMILES string of the molecule is NC(=CC=NC(c1ccccc1)(c1ccccc1)c1ccccc1Cl)C(F)(F)F. The number of benzene rings is 3. The molecule has 0 amide bonds. The van der Waals surface area contributed by atoms with E-state index >= 15 is 0 Å². The van der Waals surface area contributed by atoms with E-state index in [1.54, 1.807) is 12.1 Å². The molecule has 0 aliphatic heterocycles. The molecule has 0 radical (unpaired) electrons. The second-order valence-electron chi connectivity index (χ2n) is 6.32. The molecule has 6 heteroatoms. The molecule has 3 aromatic carbocycles. The van der Waals surface area contributed by atoms with Crippen LogP contribution in [0.1, 0.15) is 16.7 Å². The Hall–Kier alpha value is -3.05. The highest BCUT2D eigenvalue weighted by molar-refractivity contribution is 6.31. The van der Waals surface area contributed by atoms with E-state index in [0.29, 0.717) is 10.6 Å². The van der Waals surface area contributed by atoms with Crippen LogP contribution in [0.4, 0.5) is 13.2 Å². The number of halogens is 4. The van der Waals surface area contributed by atoms with Crippen LogP contribution in [-0.2, 0) is 5.54 Å². The molecule has 3 aromatic rings. The van der Waals surface area contributed by atoms with Gasteiger partial charge in [-0.2, -0.15) is 13.2 Å². The van der Waals surface area contributed by atoms with E-state index in [-0.39, 0.29) is 0 Å². The summed E-state index contributed by atoms with van der Waals surface area (Å²) in [5.74, 6) is 0. The number of allylic oxidation sites excluding steroid dienone is 2. The van der Waals surface area contributed by atoms with Crippen LogP contribution in [0.25, 0.3) is 0 Å². The van der Waals surface area contributed by atoms with E-state index in [1.165, 1.54) is 0 Å². The van der Waals surface area contributed by atoms with Gasteiger partial charge in [-0.1, -0.05) is 90.5 Å². The summed E-state index contributed by atoms with van der Waals surface area (Å²) in [7, 11) is 0. The third kappa shape index (κ3) is 4.35. The topological polar surface area (TPSA) is 38.4 Å². The van der Waals surface area contributed by atoms with Gasteiger partial charge in [0.05, 0.1) is 0 Å². The Balaban J connectivity index is 2.31. The van der Waals surface area contributed by atoms with Gasteiger partial charge in [0.1, 0.15) is 11.2 Å². The summed E-state index contributed by atoms with van der Waals surface area (Å²) in [6.45, 7) is 0. The first-order valence-electron chi connectivity index (χ1n) is 8.80. The molecule has 0 aliphatic rings. The molecular formula is C23H18ClF3N2. The lowest BCUT2D eigenvalue weighted by Crippen LogP contribution is -2.28.